The zero-order valence-electron chi connectivity index (χ0n) is 12.7. The second-order valence-electron chi connectivity index (χ2n) is 5.68. The molecule has 0 atom stereocenters. The Morgan fingerprint density at radius 1 is 1.45 bits per heavy atom. The number of aromatic carboxylic acids is 1. The molecule has 0 saturated carbocycles. The standard InChI is InChI=1S/C16H18FNO3S/c1-10-13(14(19)20)22-15(18-10)16(2,3)7-8-21-12-6-4-5-11(17)9-12/h4-6,9H,7-8H2,1-3H3,(H,19,20). The van der Waals surface area contributed by atoms with Gasteiger partial charge in [0.2, 0.25) is 0 Å². The van der Waals surface area contributed by atoms with Crippen molar-refractivity contribution in [1.29, 1.82) is 0 Å². The summed E-state index contributed by atoms with van der Waals surface area (Å²) in [5.41, 5.74) is 0.225. The van der Waals surface area contributed by atoms with Crippen molar-refractivity contribution in [2.24, 2.45) is 0 Å². The first-order chi connectivity index (χ1) is 10.3. The number of thiazole rings is 1. The lowest BCUT2D eigenvalue weighted by molar-refractivity contribution is 0.0701. The third-order valence-electron chi connectivity index (χ3n) is 3.36. The van der Waals surface area contributed by atoms with Gasteiger partial charge in [-0.1, -0.05) is 19.9 Å². The molecule has 0 aliphatic rings. The number of nitrogens with zero attached hydrogens (tertiary/aromatic N) is 1. The summed E-state index contributed by atoms with van der Waals surface area (Å²) >= 11 is 1.20. The van der Waals surface area contributed by atoms with Gasteiger partial charge >= 0.3 is 5.97 Å². The molecule has 0 unspecified atom stereocenters. The summed E-state index contributed by atoms with van der Waals surface area (Å²) in [6.07, 6.45) is 0.648. The highest BCUT2D eigenvalue weighted by Crippen LogP contribution is 2.32. The Bertz CT molecular complexity index is 682. The van der Waals surface area contributed by atoms with Crippen LogP contribution in [0.4, 0.5) is 4.39 Å². The molecule has 0 saturated heterocycles. The van der Waals surface area contributed by atoms with Gasteiger partial charge in [-0.2, -0.15) is 0 Å². The van der Waals surface area contributed by atoms with Crippen LogP contribution in [0.2, 0.25) is 0 Å². The smallest absolute Gasteiger partial charge is 0.347 e. The average Bonchev–Trinajstić information content (AvgIpc) is 2.82. The number of benzene rings is 1. The van der Waals surface area contributed by atoms with Crippen LogP contribution < -0.4 is 4.74 Å². The minimum Gasteiger partial charge on any atom is -0.493 e. The lowest BCUT2D eigenvalue weighted by atomic mass is 9.90. The number of carboxylic acids is 1. The summed E-state index contributed by atoms with van der Waals surface area (Å²) in [5, 5.41) is 9.87. The minimum atomic E-state index is -0.951. The van der Waals surface area contributed by atoms with Gasteiger partial charge in [0.05, 0.1) is 17.3 Å². The van der Waals surface area contributed by atoms with Gasteiger partial charge in [-0.3, -0.25) is 0 Å². The predicted molar refractivity (Wildman–Crippen MR) is 83.3 cm³/mol. The molecule has 0 fully saturated rings. The van der Waals surface area contributed by atoms with Crippen molar-refractivity contribution in [2.45, 2.75) is 32.6 Å². The monoisotopic (exact) mass is 323 g/mol. The summed E-state index contributed by atoms with van der Waals surface area (Å²) in [5.74, 6) is -0.802. The number of hydrogen-bond donors (Lipinski definition) is 1. The molecule has 6 heteroatoms. The van der Waals surface area contributed by atoms with Crippen LogP contribution in [-0.2, 0) is 5.41 Å². The Hall–Kier alpha value is -1.95. The van der Waals surface area contributed by atoms with Gasteiger partial charge < -0.3 is 9.84 Å². The van der Waals surface area contributed by atoms with Gasteiger partial charge in [0.1, 0.15) is 16.4 Å². The van der Waals surface area contributed by atoms with E-state index in [-0.39, 0.29) is 16.1 Å². The molecule has 0 amide bonds. The lowest BCUT2D eigenvalue weighted by Crippen LogP contribution is -2.20. The molecule has 1 aromatic heterocycles. The lowest BCUT2D eigenvalue weighted by Gasteiger charge is -2.21. The van der Waals surface area contributed by atoms with Crippen molar-refractivity contribution in [3.05, 3.63) is 45.7 Å². The van der Waals surface area contributed by atoms with Crippen molar-refractivity contribution in [3.63, 3.8) is 0 Å². The molecule has 118 valence electrons. The van der Waals surface area contributed by atoms with E-state index in [4.69, 9.17) is 9.84 Å². The van der Waals surface area contributed by atoms with Crippen LogP contribution in [0.5, 0.6) is 5.75 Å². The zero-order valence-corrected chi connectivity index (χ0v) is 13.5. The van der Waals surface area contributed by atoms with Crippen molar-refractivity contribution >= 4 is 17.3 Å². The normalized spacial score (nSPS) is 11.5. The number of rotatable bonds is 6. The Labute approximate surface area is 132 Å². The highest BCUT2D eigenvalue weighted by atomic mass is 32.1. The number of aryl methyl sites for hydroxylation is 1. The maximum atomic E-state index is 13.1. The van der Waals surface area contributed by atoms with E-state index in [9.17, 15) is 9.18 Å². The van der Waals surface area contributed by atoms with E-state index in [0.717, 1.165) is 5.01 Å². The number of aromatic nitrogens is 1. The number of carbonyl (C=O) groups is 1. The molecule has 1 N–H and O–H groups in total. The molecule has 0 aliphatic carbocycles. The highest BCUT2D eigenvalue weighted by Gasteiger charge is 2.27. The fourth-order valence-electron chi connectivity index (χ4n) is 1.97. The van der Waals surface area contributed by atoms with Gasteiger partial charge in [0, 0.05) is 11.5 Å². The quantitative estimate of drug-likeness (QED) is 0.872. The van der Waals surface area contributed by atoms with E-state index in [1.165, 1.54) is 23.5 Å². The Kier molecular flexibility index (Phi) is 4.81. The summed E-state index contributed by atoms with van der Waals surface area (Å²) in [6.45, 7) is 6.08. The molecule has 2 rings (SSSR count). The molecule has 0 aliphatic heterocycles. The Morgan fingerprint density at radius 2 is 2.18 bits per heavy atom. The molecular formula is C16H18FNO3S. The first-order valence-corrected chi connectivity index (χ1v) is 7.71. The molecule has 0 bridgehead atoms. The molecule has 4 nitrogen and oxygen atoms in total. The molecule has 22 heavy (non-hydrogen) atoms. The summed E-state index contributed by atoms with van der Waals surface area (Å²) < 4.78 is 18.6. The van der Waals surface area contributed by atoms with Crippen LogP contribution >= 0.6 is 11.3 Å². The average molecular weight is 323 g/mol. The van der Waals surface area contributed by atoms with Crippen molar-refractivity contribution in [2.75, 3.05) is 6.61 Å². The Morgan fingerprint density at radius 3 is 2.77 bits per heavy atom. The topological polar surface area (TPSA) is 59.4 Å². The van der Waals surface area contributed by atoms with Crippen LogP contribution in [-0.4, -0.2) is 22.7 Å². The van der Waals surface area contributed by atoms with E-state index < -0.39 is 5.97 Å². The van der Waals surface area contributed by atoms with Gasteiger partial charge in [-0.05, 0) is 25.5 Å². The molecule has 1 heterocycles. The van der Waals surface area contributed by atoms with E-state index >= 15 is 0 Å². The van der Waals surface area contributed by atoms with Crippen LogP contribution in [0.15, 0.2) is 24.3 Å². The van der Waals surface area contributed by atoms with Crippen LogP contribution in [0.3, 0.4) is 0 Å². The summed E-state index contributed by atoms with van der Waals surface area (Å²) in [6, 6.07) is 6.00. The maximum absolute atomic E-state index is 13.1. The third-order valence-corrected chi connectivity index (χ3v) is 4.87. The third kappa shape index (κ3) is 3.82. The first-order valence-electron chi connectivity index (χ1n) is 6.89. The molecule has 0 radical (unpaired) electrons. The number of halogens is 1. The predicted octanol–water partition coefficient (Wildman–Crippen LogP) is 4.04. The fourth-order valence-corrected chi connectivity index (χ4v) is 3.01. The number of carboxylic acid groups (broad SMARTS) is 1. The van der Waals surface area contributed by atoms with E-state index in [1.54, 1.807) is 19.1 Å². The SMILES string of the molecule is Cc1nc(C(C)(C)CCOc2cccc(F)c2)sc1C(=O)O. The van der Waals surface area contributed by atoms with E-state index in [0.29, 0.717) is 24.5 Å². The fraction of sp³-hybridized carbons (Fsp3) is 0.375. The first kappa shape index (κ1) is 16.4. The largest absolute Gasteiger partial charge is 0.493 e. The molecule has 1 aromatic carbocycles. The van der Waals surface area contributed by atoms with E-state index in [1.807, 2.05) is 13.8 Å². The van der Waals surface area contributed by atoms with Crippen molar-refractivity contribution in [1.82, 2.24) is 4.98 Å². The van der Waals surface area contributed by atoms with Gasteiger partial charge in [-0.25, -0.2) is 14.2 Å². The van der Waals surface area contributed by atoms with Crippen LogP contribution in [0.25, 0.3) is 0 Å². The summed E-state index contributed by atoms with van der Waals surface area (Å²) in [4.78, 5) is 15.7. The number of hydrogen-bond acceptors (Lipinski definition) is 4. The second-order valence-corrected chi connectivity index (χ2v) is 6.68. The zero-order chi connectivity index (χ0) is 16.3. The Balaban J connectivity index is 2.01. The maximum Gasteiger partial charge on any atom is 0.347 e. The molecule has 2 aromatic rings. The summed E-state index contributed by atoms with van der Waals surface area (Å²) in [7, 11) is 0. The highest BCUT2D eigenvalue weighted by molar-refractivity contribution is 7.13. The van der Waals surface area contributed by atoms with Crippen LogP contribution in [0.1, 0.15) is 40.6 Å². The minimum absolute atomic E-state index is 0.272. The van der Waals surface area contributed by atoms with Crippen LogP contribution in [0, 0.1) is 12.7 Å². The van der Waals surface area contributed by atoms with Gasteiger partial charge in [0.15, 0.2) is 0 Å². The second kappa shape index (κ2) is 6.44. The van der Waals surface area contributed by atoms with Gasteiger partial charge in [-0.15, -0.1) is 11.3 Å². The number of ether oxygens (including phenoxy) is 1. The van der Waals surface area contributed by atoms with Crippen molar-refractivity contribution in [3.8, 4) is 5.75 Å². The van der Waals surface area contributed by atoms with E-state index in [2.05, 4.69) is 4.98 Å². The van der Waals surface area contributed by atoms with Gasteiger partial charge in [0.25, 0.3) is 0 Å². The molecular weight excluding hydrogens is 305 g/mol. The molecule has 0 spiro atoms. The van der Waals surface area contributed by atoms with Crippen molar-refractivity contribution < 1.29 is 19.0 Å².